The normalized spacial score (nSPS) is 32.2. The molecule has 3 rings (SSSR count). The van der Waals surface area contributed by atoms with E-state index < -0.39 is 0 Å². The smallest absolute Gasteiger partial charge is 0.227 e. The topological polar surface area (TPSA) is 49.9 Å². The number of amides is 2. The number of nitrogens with zero attached hydrogens (tertiary/aromatic N) is 2. The van der Waals surface area contributed by atoms with Crippen LogP contribution in [0.15, 0.2) is 0 Å². The van der Waals surface area contributed by atoms with Gasteiger partial charge in [0.1, 0.15) is 0 Å². The molecule has 5 heteroatoms. The zero-order chi connectivity index (χ0) is 17.5. The Morgan fingerprint density at radius 2 is 1.92 bits per heavy atom. The van der Waals surface area contributed by atoms with Crippen LogP contribution in [0.1, 0.15) is 52.9 Å². The summed E-state index contributed by atoms with van der Waals surface area (Å²) >= 11 is 0. The summed E-state index contributed by atoms with van der Waals surface area (Å²) in [5.74, 6) is 0.689. The zero-order valence-corrected chi connectivity index (χ0v) is 15.6. The number of hydrogen-bond acceptors (Lipinski definition) is 3. The molecule has 1 aliphatic heterocycles. The Labute approximate surface area is 145 Å². The van der Waals surface area contributed by atoms with E-state index >= 15 is 0 Å². The third-order valence-electron chi connectivity index (χ3n) is 6.32. The second kappa shape index (κ2) is 6.66. The quantitative estimate of drug-likeness (QED) is 0.774. The second-order valence-corrected chi connectivity index (χ2v) is 8.36. The lowest BCUT2D eigenvalue weighted by molar-refractivity contribution is -0.167. The highest BCUT2D eigenvalue weighted by atomic mass is 16.5. The van der Waals surface area contributed by atoms with Crippen molar-refractivity contribution in [2.75, 3.05) is 26.7 Å². The van der Waals surface area contributed by atoms with Gasteiger partial charge in [0.25, 0.3) is 0 Å². The van der Waals surface area contributed by atoms with Crippen molar-refractivity contribution in [2.24, 2.45) is 17.3 Å². The van der Waals surface area contributed by atoms with Crippen LogP contribution in [0.3, 0.4) is 0 Å². The van der Waals surface area contributed by atoms with E-state index in [2.05, 4.69) is 13.8 Å². The molecule has 1 heterocycles. The molecule has 1 saturated heterocycles. The molecule has 0 aromatic heterocycles. The minimum absolute atomic E-state index is 0.00138. The van der Waals surface area contributed by atoms with Gasteiger partial charge in [-0.1, -0.05) is 13.8 Å². The number of likely N-dealkylation sites (tertiary alicyclic amines) is 1. The number of rotatable bonds is 5. The predicted octanol–water partition coefficient (Wildman–Crippen LogP) is 2.30. The fourth-order valence-electron chi connectivity index (χ4n) is 4.41. The molecule has 5 nitrogen and oxygen atoms in total. The van der Waals surface area contributed by atoms with Crippen molar-refractivity contribution in [3.05, 3.63) is 0 Å². The molecule has 2 amide bonds. The molecule has 3 aliphatic rings. The second-order valence-electron chi connectivity index (χ2n) is 8.36. The third-order valence-corrected chi connectivity index (χ3v) is 6.32. The van der Waals surface area contributed by atoms with Crippen molar-refractivity contribution in [2.45, 2.75) is 65.0 Å². The Morgan fingerprint density at radius 1 is 1.21 bits per heavy atom. The fraction of sp³-hybridized carbons (Fsp3) is 0.895. The van der Waals surface area contributed by atoms with Crippen LogP contribution < -0.4 is 0 Å². The highest BCUT2D eigenvalue weighted by Crippen LogP contribution is 2.46. The first-order valence-corrected chi connectivity index (χ1v) is 9.53. The monoisotopic (exact) mass is 336 g/mol. The summed E-state index contributed by atoms with van der Waals surface area (Å²) in [6.07, 6.45) is 5.06. The summed E-state index contributed by atoms with van der Waals surface area (Å²) in [6.45, 7) is 8.56. The molecule has 0 N–H and O–H groups in total. The Balaban J connectivity index is 1.58. The first-order valence-electron chi connectivity index (χ1n) is 9.53. The lowest BCUT2D eigenvalue weighted by Crippen LogP contribution is -2.63. The number of ether oxygens (including phenoxy) is 1. The molecule has 0 aromatic rings. The maximum Gasteiger partial charge on any atom is 0.227 e. The van der Waals surface area contributed by atoms with Gasteiger partial charge >= 0.3 is 0 Å². The Hall–Kier alpha value is -1.10. The molecule has 2 saturated carbocycles. The maximum absolute atomic E-state index is 13.0. The van der Waals surface area contributed by atoms with Gasteiger partial charge in [0.15, 0.2) is 0 Å². The first kappa shape index (κ1) is 17.7. The van der Waals surface area contributed by atoms with Gasteiger partial charge in [0.05, 0.1) is 12.0 Å². The summed E-state index contributed by atoms with van der Waals surface area (Å²) in [4.78, 5) is 29.2. The van der Waals surface area contributed by atoms with Gasteiger partial charge in [-0.3, -0.25) is 9.59 Å². The van der Waals surface area contributed by atoms with E-state index in [1.54, 1.807) is 0 Å². The van der Waals surface area contributed by atoms with Gasteiger partial charge in [0.2, 0.25) is 11.8 Å². The highest BCUT2D eigenvalue weighted by molar-refractivity contribution is 5.83. The summed E-state index contributed by atoms with van der Waals surface area (Å²) < 4.78 is 5.79. The van der Waals surface area contributed by atoms with Crippen LogP contribution in [0.2, 0.25) is 0 Å². The first-order chi connectivity index (χ1) is 11.4. The molecule has 3 fully saturated rings. The van der Waals surface area contributed by atoms with Crippen LogP contribution in [0.4, 0.5) is 0 Å². The van der Waals surface area contributed by atoms with E-state index in [1.165, 1.54) is 0 Å². The summed E-state index contributed by atoms with van der Waals surface area (Å²) in [7, 11) is 1.93. The van der Waals surface area contributed by atoms with Crippen molar-refractivity contribution in [3.63, 3.8) is 0 Å². The largest absolute Gasteiger partial charge is 0.378 e. The van der Waals surface area contributed by atoms with Crippen LogP contribution in [0.25, 0.3) is 0 Å². The fourth-order valence-corrected chi connectivity index (χ4v) is 4.41. The minimum atomic E-state index is -0.0339. The van der Waals surface area contributed by atoms with E-state index in [4.69, 9.17) is 4.74 Å². The van der Waals surface area contributed by atoms with Gasteiger partial charge in [-0.05, 0) is 39.0 Å². The van der Waals surface area contributed by atoms with Crippen LogP contribution in [-0.4, -0.2) is 60.5 Å². The average Bonchev–Trinajstić information content (AvgIpc) is 3.41. The SMILES string of the molecule is CCO[C@@H]1C[C@@H](N(C)C(=O)[C@@H]2CCCN(C(=O)C3CC3)C2)C1(C)C. The van der Waals surface area contributed by atoms with Gasteiger partial charge < -0.3 is 14.5 Å². The zero-order valence-electron chi connectivity index (χ0n) is 15.6. The van der Waals surface area contributed by atoms with E-state index in [0.29, 0.717) is 6.54 Å². The average molecular weight is 336 g/mol. The van der Waals surface area contributed by atoms with Crippen LogP contribution >= 0.6 is 0 Å². The number of hydrogen-bond donors (Lipinski definition) is 0. The van der Waals surface area contributed by atoms with Crippen molar-refractivity contribution >= 4 is 11.8 Å². The molecule has 0 bridgehead atoms. The molecule has 3 atom stereocenters. The maximum atomic E-state index is 13.0. The summed E-state index contributed by atoms with van der Waals surface area (Å²) in [5, 5.41) is 0. The molecule has 24 heavy (non-hydrogen) atoms. The lowest BCUT2D eigenvalue weighted by atomic mass is 9.63. The van der Waals surface area contributed by atoms with E-state index in [0.717, 1.165) is 45.3 Å². The van der Waals surface area contributed by atoms with Gasteiger partial charge in [0, 0.05) is 44.1 Å². The molecule has 2 aliphatic carbocycles. The van der Waals surface area contributed by atoms with Crippen LogP contribution in [0.5, 0.6) is 0 Å². The summed E-state index contributed by atoms with van der Waals surface area (Å²) in [5.41, 5.74) is -0.00138. The third kappa shape index (κ3) is 3.19. The van der Waals surface area contributed by atoms with Gasteiger partial charge in [-0.25, -0.2) is 0 Å². The van der Waals surface area contributed by atoms with Crippen molar-refractivity contribution in [3.8, 4) is 0 Å². The highest BCUT2D eigenvalue weighted by Gasteiger charge is 2.52. The van der Waals surface area contributed by atoms with E-state index in [9.17, 15) is 9.59 Å². The Bertz CT molecular complexity index is 501. The lowest BCUT2D eigenvalue weighted by Gasteiger charge is -2.55. The number of piperidine rings is 1. The van der Waals surface area contributed by atoms with E-state index in [1.807, 2.05) is 23.8 Å². The van der Waals surface area contributed by atoms with Crippen molar-refractivity contribution in [1.82, 2.24) is 9.80 Å². The van der Waals surface area contributed by atoms with Gasteiger partial charge in [-0.15, -0.1) is 0 Å². The molecule has 0 radical (unpaired) electrons. The molecule has 0 aromatic carbocycles. The predicted molar refractivity (Wildman–Crippen MR) is 92.4 cm³/mol. The molecular formula is C19H32N2O3. The van der Waals surface area contributed by atoms with Crippen LogP contribution in [-0.2, 0) is 14.3 Å². The minimum Gasteiger partial charge on any atom is -0.378 e. The number of carbonyl (C=O) groups is 2. The summed E-state index contributed by atoms with van der Waals surface area (Å²) in [6, 6.07) is 0.232. The van der Waals surface area contributed by atoms with Crippen molar-refractivity contribution < 1.29 is 14.3 Å². The van der Waals surface area contributed by atoms with E-state index in [-0.39, 0.29) is 41.2 Å². The number of carbonyl (C=O) groups excluding carboxylic acids is 2. The van der Waals surface area contributed by atoms with Crippen molar-refractivity contribution in [1.29, 1.82) is 0 Å². The standard InChI is InChI=1S/C19H32N2O3/c1-5-24-16-11-15(19(16,2)3)20(4)17(22)14-7-6-10-21(12-14)18(23)13-8-9-13/h13-16H,5-12H2,1-4H3/t14-,15-,16-/m1/s1. The Kier molecular flexibility index (Phi) is 4.92. The molecule has 0 unspecified atom stereocenters. The molecule has 136 valence electrons. The van der Waals surface area contributed by atoms with Crippen LogP contribution in [0, 0.1) is 17.3 Å². The Morgan fingerprint density at radius 3 is 2.50 bits per heavy atom. The molecule has 0 spiro atoms. The molecular weight excluding hydrogens is 304 g/mol. The van der Waals surface area contributed by atoms with Gasteiger partial charge in [-0.2, -0.15) is 0 Å².